The molecule has 0 aliphatic rings. The zero-order chi connectivity index (χ0) is 14.3. The third kappa shape index (κ3) is 4.99. The quantitative estimate of drug-likeness (QED) is 0.556. The van der Waals surface area contributed by atoms with Gasteiger partial charge in [0.05, 0.1) is 0 Å². The molecule has 0 radical (unpaired) electrons. The highest BCUT2D eigenvalue weighted by Crippen LogP contribution is 2.14. The molecular weight excluding hydrogens is 246 g/mol. The first-order valence-electron chi connectivity index (χ1n) is 6.45. The predicted molar refractivity (Wildman–Crippen MR) is 76.2 cm³/mol. The van der Waals surface area contributed by atoms with Crippen molar-refractivity contribution in [2.45, 2.75) is 39.5 Å². The number of hydrogen-bond donors (Lipinski definition) is 4. The van der Waals surface area contributed by atoms with E-state index in [1.165, 1.54) is 13.3 Å². The van der Waals surface area contributed by atoms with Gasteiger partial charge < -0.3 is 16.4 Å². The minimum atomic E-state index is -0.459. The highest BCUT2D eigenvalue weighted by atomic mass is 16.2. The van der Waals surface area contributed by atoms with Gasteiger partial charge in [0.15, 0.2) is 5.82 Å². The number of carbonyl (C=O) groups excluding carboxylic acids is 1. The Kier molecular flexibility index (Phi) is 5.84. The molecule has 0 aliphatic heterocycles. The standard InChI is InChI=1S/C12H21N5O2/c1-3-4-5-6-7-14-10-9(15-8(2)18)11(19)17-12(13)16-10/h3-7H2,1-2H3,(H,15,18)(H4,13,14,16,17,19). The van der Waals surface area contributed by atoms with Crippen LogP contribution in [-0.2, 0) is 4.79 Å². The van der Waals surface area contributed by atoms with Crippen LogP contribution in [0.5, 0.6) is 0 Å². The monoisotopic (exact) mass is 267 g/mol. The Morgan fingerprint density at radius 3 is 2.74 bits per heavy atom. The van der Waals surface area contributed by atoms with Crippen molar-refractivity contribution in [1.29, 1.82) is 0 Å². The fourth-order valence-electron chi connectivity index (χ4n) is 1.67. The molecule has 0 atom stereocenters. The molecule has 0 aromatic carbocycles. The number of nitrogen functional groups attached to an aromatic ring is 1. The molecular formula is C12H21N5O2. The van der Waals surface area contributed by atoms with Gasteiger partial charge in [-0.25, -0.2) is 0 Å². The highest BCUT2D eigenvalue weighted by molar-refractivity contribution is 5.91. The van der Waals surface area contributed by atoms with Crippen LogP contribution >= 0.6 is 0 Å². The minimum Gasteiger partial charge on any atom is -0.369 e. The second kappa shape index (κ2) is 7.40. The molecule has 0 bridgehead atoms. The summed E-state index contributed by atoms with van der Waals surface area (Å²) >= 11 is 0. The highest BCUT2D eigenvalue weighted by Gasteiger charge is 2.11. The molecule has 106 valence electrons. The molecule has 5 N–H and O–H groups in total. The molecule has 19 heavy (non-hydrogen) atoms. The average Bonchev–Trinajstić information content (AvgIpc) is 2.32. The number of nitrogens with zero attached hydrogens (tertiary/aromatic N) is 1. The van der Waals surface area contributed by atoms with Crippen LogP contribution in [0.3, 0.4) is 0 Å². The molecule has 7 heteroatoms. The lowest BCUT2D eigenvalue weighted by atomic mass is 10.2. The summed E-state index contributed by atoms with van der Waals surface area (Å²) < 4.78 is 0. The molecule has 1 rings (SSSR count). The number of hydrogen-bond acceptors (Lipinski definition) is 5. The van der Waals surface area contributed by atoms with Gasteiger partial charge in [0.1, 0.15) is 5.69 Å². The van der Waals surface area contributed by atoms with Crippen molar-refractivity contribution in [1.82, 2.24) is 9.97 Å². The van der Waals surface area contributed by atoms with Gasteiger partial charge in [-0.2, -0.15) is 4.98 Å². The first kappa shape index (κ1) is 15.0. The lowest BCUT2D eigenvalue weighted by Gasteiger charge is -2.10. The first-order valence-corrected chi connectivity index (χ1v) is 6.45. The summed E-state index contributed by atoms with van der Waals surface area (Å²) in [6.07, 6.45) is 4.41. The van der Waals surface area contributed by atoms with E-state index >= 15 is 0 Å². The van der Waals surface area contributed by atoms with Crippen molar-refractivity contribution in [2.75, 3.05) is 22.9 Å². The summed E-state index contributed by atoms with van der Waals surface area (Å²) in [6, 6.07) is 0. The van der Waals surface area contributed by atoms with Crippen LogP contribution in [0.1, 0.15) is 39.5 Å². The van der Waals surface area contributed by atoms with Gasteiger partial charge >= 0.3 is 0 Å². The predicted octanol–water partition coefficient (Wildman–Crippen LogP) is 1.30. The lowest BCUT2D eigenvalue weighted by Crippen LogP contribution is -2.22. The fourth-order valence-corrected chi connectivity index (χ4v) is 1.67. The van der Waals surface area contributed by atoms with Crippen LogP contribution in [0, 0.1) is 0 Å². The molecule has 1 aromatic rings. The van der Waals surface area contributed by atoms with Gasteiger partial charge in [-0.05, 0) is 6.42 Å². The maximum atomic E-state index is 11.7. The van der Waals surface area contributed by atoms with Crippen LogP contribution in [-0.4, -0.2) is 22.4 Å². The van der Waals surface area contributed by atoms with Crippen LogP contribution in [0.25, 0.3) is 0 Å². The maximum Gasteiger partial charge on any atom is 0.278 e. The number of rotatable bonds is 7. The Morgan fingerprint density at radius 1 is 1.37 bits per heavy atom. The van der Waals surface area contributed by atoms with Crippen molar-refractivity contribution in [3.8, 4) is 0 Å². The number of aromatic nitrogens is 2. The summed E-state index contributed by atoms with van der Waals surface area (Å²) in [6.45, 7) is 4.16. The molecule has 0 fully saturated rings. The topological polar surface area (TPSA) is 113 Å². The van der Waals surface area contributed by atoms with Crippen molar-refractivity contribution < 1.29 is 4.79 Å². The van der Waals surface area contributed by atoms with Crippen molar-refractivity contribution >= 4 is 23.4 Å². The summed E-state index contributed by atoms with van der Waals surface area (Å²) in [5, 5.41) is 5.49. The SMILES string of the molecule is CCCCCCNc1nc(N)[nH]c(=O)c1NC(C)=O. The Morgan fingerprint density at radius 2 is 2.11 bits per heavy atom. The Hall–Kier alpha value is -2.05. The van der Waals surface area contributed by atoms with Crippen LogP contribution in [0.4, 0.5) is 17.5 Å². The third-order valence-electron chi connectivity index (χ3n) is 2.56. The van der Waals surface area contributed by atoms with Crippen LogP contribution in [0.15, 0.2) is 4.79 Å². The summed E-state index contributed by atoms with van der Waals surface area (Å²) in [7, 11) is 0. The smallest absolute Gasteiger partial charge is 0.278 e. The van der Waals surface area contributed by atoms with Crippen molar-refractivity contribution in [2.24, 2.45) is 0 Å². The molecule has 0 spiro atoms. The minimum absolute atomic E-state index is 0.0233. The molecule has 0 aliphatic carbocycles. The average molecular weight is 267 g/mol. The van der Waals surface area contributed by atoms with E-state index in [1.54, 1.807) is 0 Å². The van der Waals surface area contributed by atoms with Gasteiger partial charge in [0.25, 0.3) is 5.56 Å². The molecule has 1 heterocycles. The van der Waals surface area contributed by atoms with E-state index in [2.05, 4.69) is 27.5 Å². The number of H-pyrrole nitrogens is 1. The van der Waals surface area contributed by atoms with Gasteiger partial charge in [-0.1, -0.05) is 26.2 Å². The van der Waals surface area contributed by atoms with Gasteiger partial charge in [0.2, 0.25) is 11.9 Å². The number of nitrogens with one attached hydrogen (secondary N) is 3. The molecule has 7 nitrogen and oxygen atoms in total. The van der Waals surface area contributed by atoms with Crippen molar-refractivity contribution in [3.05, 3.63) is 10.4 Å². The number of carbonyl (C=O) groups is 1. The largest absolute Gasteiger partial charge is 0.369 e. The van der Waals surface area contributed by atoms with Gasteiger partial charge in [-0.15, -0.1) is 0 Å². The second-order valence-corrected chi connectivity index (χ2v) is 4.34. The molecule has 0 unspecified atom stereocenters. The Balaban J connectivity index is 2.74. The normalized spacial score (nSPS) is 10.2. The first-order chi connectivity index (χ1) is 9.04. The number of anilines is 3. The van der Waals surface area contributed by atoms with E-state index in [1.807, 2.05) is 0 Å². The van der Waals surface area contributed by atoms with E-state index in [0.717, 1.165) is 19.3 Å². The molecule has 1 amide bonds. The van der Waals surface area contributed by atoms with E-state index in [-0.39, 0.29) is 17.5 Å². The van der Waals surface area contributed by atoms with Gasteiger partial charge in [-0.3, -0.25) is 14.6 Å². The molecule has 0 saturated heterocycles. The molecule has 0 saturated carbocycles. The van der Waals surface area contributed by atoms with E-state index < -0.39 is 5.56 Å². The van der Waals surface area contributed by atoms with E-state index in [0.29, 0.717) is 12.4 Å². The number of aromatic amines is 1. The number of amides is 1. The second-order valence-electron chi connectivity index (χ2n) is 4.34. The Bertz CT molecular complexity index is 483. The third-order valence-corrected chi connectivity index (χ3v) is 2.56. The number of unbranched alkanes of at least 4 members (excludes halogenated alkanes) is 3. The van der Waals surface area contributed by atoms with Gasteiger partial charge in [0, 0.05) is 13.5 Å². The van der Waals surface area contributed by atoms with Crippen LogP contribution < -0.4 is 21.9 Å². The van der Waals surface area contributed by atoms with E-state index in [9.17, 15) is 9.59 Å². The van der Waals surface area contributed by atoms with Crippen molar-refractivity contribution in [3.63, 3.8) is 0 Å². The maximum absolute atomic E-state index is 11.7. The number of nitrogens with two attached hydrogens (primary N) is 1. The fraction of sp³-hybridized carbons (Fsp3) is 0.583. The Labute approximate surface area is 112 Å². The summed E-state index contributed by atoms with van der Waals surface area (Å²) in [5.41, 5.74) is 5.14. The zero-order valence-electron chi connectivity index (χ0n) is 11.4. The zero-order valence-corrected chi connectivity index (χ0v) is 11.4. The summed E-state index contributed by atoms with van der Waals surface area (Å²) in [4.78, 5) is 29.1. The van der Waals surface area contributed by atoms with E-state index in [4.69, 9.17) is 5.73 Å². The molecule has 1 aromatic heterocycles. The summed E-state index contributed by atoms with van der Waals surface area (Å²) in [5.74, 6) is 0.00853. The lowest BCUT2D eigenvalue weighted by molar-refractivity contribution is -0.114. The van der Waals surface area contributed by atoms with Crippen LogP contribution in [0.2, 0.25) is 0 Å².